The first-order valence-electron chi connectivity index (χ1n) is 4.54. The Balaban J connectivity index is 2.14. The topological polar surface area (TPSA) is 26.0 Å². The van der Waals surface area contributed by atoms with Gasteiger partial charge in [-0.05, 0) is 43.1 Å². The van der Waals surface area contributed by atoms with Gasteiger partial charge in [0.05, 0.1) is 0 Å². The SMILES string of the molecule is CCSCCC1(C(C)N)CC1. The van der Waals surface area contributed by atoms with Crippen LogP contribution in [0.4, 0.5) is 0 Å². The second-order valence-corrected chi connectivity index (χ2v) is 4.99. The molecular weight excluding hydrogens is 154 g/mol. The lowest BCUT2D eigenvalue weighted by Gasteiger charge is -2.18. The van der Waals surface area contributed by atoms with Crippen molar-refractivity contribution < 1.29 is 0 Å². The van der Waals surface area contributed by atoms with Crippen LogP contribution in [0.15, 0.2) is 0 Å². The van der Waals surface area contributed by atoms with E-state index in [1.54, 1.807) is 0 Å². The Kier molecular flexibility index (Phi) is 3.26. The minimum absolute atomic E-state index is 0.417. The minimum Gasteiger partial charge on any atom is -0.327 e. The van der Waals surface area contributed by atoms with Gasteiger partial charge in [-0.25, -0.2) is 0 Å². The fourth-order valence-electron chi connectivity index (χ4n) is 1.51. The first-order chi connectivity index (χ1) is 5.21. The standard InChI is InChI=1S/C9H19NS/c1-3-11-7-6-9(4-5-9)8(2)10/h8H,3-7,10H2,1-2H3. The summed E-state index contributed by atoms with van der Waals surface area (Å²) in [6.07, 6.45) is 4.08. The Morgan fingerprint density at radius 1 is 1.55 bits per heavy atom. The van der Waals surface area contributed by atoms with Gasteiger partial charge in [-0.15, -0.1) is 0 Å². The quantitative estimate of drug-likeness (QED) is 0.645. The Bertz CT molecular complexity index is 119. The van der Waals surface area contributed by atoms with Gasteiger partial charge >= 0.3 is 0 Å². The lowest BCUT2D eigenvalue weighted by atomic mass is 9.96. The van der Waals surface area contributed by atoms with Crippen LogP contribution in [0.3, 0.4) is 0 Å². The van der Waals surface area contributed by atoms with Crippen molar-refractivity contribution in [2.24, 2.45) is 11.1 Å². The molecule has 0 heterocycles. The summed E-state index contributed by atoms with van der Waals surface area (Å²) in [5.41, 5.74) is 6.46. The number of rotatable bonds is 5. The summed E-state index contributed by atoms with van der Waals surface area (Å²) >= 11 is 2.04. The zero-order valence-corrected chi connectivity index (χ0v) is 8.41. The van der Waals surface area contributed by atoms with Crippen molar-refractivity contribution in [3.05, 3.63) is 0 Å². The van der Waals surface area contributed by atoms with Gasteiger partial charge in [0.25, 0.3) is 0 Å². The summed E-state index contributed by atoms with van der Waals surface area (Å²) < 4.78 is 0. The average Bonchev–Trinajstić information content (AvgIpc) is 2.70. The maximum absolute atomic E-state index is 5.91. The van der Waals surface area contributed by atoms with Gasteiger partial charge < -0.3 is 5.73 Å². The van der Waals surface area contributed by atoms with Crippen molar-refractivity contribution in [2.45, 2.75) is 39.2 Å². The van der Waals surface area contributed by atoms with Gasteiger partial charge in [-0.3, -0.25) is 0 Å². The normalized spacial score (nSPS) is 23.2. The van der Waals surface area contributed by atoms with E-state index in [-0.39, 0.29) is 0 Å². The summed E-state index contributed by atoms with van der Waals surface area (Å²) in [4.78, 5) is 0. The number of nitrogens with two attached hydrogens (primary N) is 1. The van der Waals surface area contributed by atoms with Crippen LogP contribution in [-0.2, 0) is 0 Å². The van der Waals surface area contributed by atoms with Gasteiger partial charge in [0.15, 0.2) is 0 Å². The monoisotopic (exact) mass is 173 g/mol. The summed E-state index contributed by atoms with van der Waals surface area (Å²) in [6, 6.07) is 0.417. The molecule has 0 aliphatic heterocycles. The third-order valence-electron chi connectivity index (χ3n) is 2.81. The molecule has 1 atom stereocenters. The molecule has 0 aromatic heterocycles. The molecule has 2 heteroatoms. The van der Waals surface area contributed by atoms with Crippen molar-refractivity contribution in [1.29, 1.82) is 0 Å². The van der Waals surface area contributed by atoms with Gasteiger partial charge in [-0.1, -0.05) is 6.92 Å². The molecule has 66 valence electrons. The zero-order valence-electron chi connectivity index (χ0n) is 7.60. The molecule has 1 unspecified atom stereocenters. The molecule has 2 N–H and O–H groups in total. The summed E-state index contributed by atoms with van der Waals surface area (Å²) in [6.45, 7) is 4.37. The van der Waals surface area contributed by atoms with Crippen LogP contribution < -0.4 is 5.73 Å². The Morgan fingerprint density at radius 3 is 2.55 bits per heavy atom. The van der Waals surface area contributed by atoms with Crippen LogP contribution in [0.25, 0.3) is 0 Å². The lowest BCUT2D eigenvalue weighted by Crippen LogP contribution is -2.28. The zero-order chi connectivity index (χ0) is 8.32. The molecule has 0 amide bonds. The smallest absolute Gasteiger partial charge is 0.00673 e. The third kappa shape index (κ3) is 2.38. The number of hydrogen-bond donors (Lipinski definition) is 1. The van der Waals surface area contributed by atoms with E-state index in [4.69, 9.17) is 5.73 Å². The van der Waals surface area contributed by atoms with E-state index in [2.05, 4.69) is 13.8 Å². The highest BCUT2D eigenvalue weighted by molar-refractivity contribution is 7.99. The molecule has 1 fully saturated rings. The Hall–Kier alpha value is 0.310. The molecule has 11 heavy (non-hydrogen) atoms. The Labute approximate surface area is 74.1 Å². The van der Waals surface area contributed by atoms with Crippen LogP contribution in [0.5, 0.6) is 0 Å². The maximum atomic E-state index is 5.91. The summed E-state index contributed by atoms with van der Waals surface area (Å²) in [5, 5.41) is 0. The van der Waals surface area contributed by atoms with Crippen LogP contribution in [-0.4, -0.2) is 17.5 Å². The predicted molar refractivity (Wildman–Crippen MR) is 52.9 cm³/mol. The van der Waals surface area contributed by atoms with Gasteiger partial charge in [-0.2, -0.15) is 11.8 Å². The average molecular weight is 173 g/mol. The van der Waals surface area contributed by atoms with Crippen LogP contribution in [0, 0.1) is 5.41 Å². The first-order valence-corrected chi connectivity index (χ1v) is 5.70. The molecule has 1 rings (SSSR count). The third-order valence-corrected chi connectivity index (χ3v) is 3.71. The van der Waals surface area contributed by atoms with Crippen molar-refractivity contribution in [3.63, 3.8) is 0 Å². The minimum atomic E-state index is 0.417. The molecule has 0 saturated heterocycles. The van der Waals surface area contributed by atoms with E-state index in [1.807, 2.05) is 11.8 Å². The summed E-state index contributed by atoms with van der Waals surface area (Å²) in [5.74, 6) is 2.55. The van der Waals surface area contributed by atoms with Gasteiger partial charge in [0.1, 0.15) is 0 Å². The van der Waals surface area contributed by atoms with Crippen LogP contribution >= 0.6 is 11.8 Å². The van der Waals surface area contributed by atoms with E-state index in [0.717, 1.165) is 0 Å². The number of hydrogen-bond acceptors (Lipinski definition) is 2. The van der Waals surface area contributed by atoms with Gasteiger partial charge in [0, 0.05) is 6.04 Å². The fourth-order valence-corrected chi connectivity index (χ4v) is 2.35. The molecule has 1 aliphatic rings. The number of thioether (sulfide) groups is 1. The molecular formula is C9H19NS. The van der Waals surface area contributed by atoms with E-state index >= 15 is 0 Å². The molecule has 0 radical (unpaired) electrons. The maximum Gasteiger partial charge on any atom is 0.00673 e. The van der Waals surface area contributed by atoms with Crippen molar-refractivity contribution in [2.75, 3.05) is 11.5 Å². The highest BCUT2D eigenvalue weighted by atomic mass is 32.2. The van der Waals surface area contributed by atoms with Crippen molar-refractivity contribution in [3.8, 4) is 0 Å². The molecule has 0 aromatic carbocycles. The second-order valence-electron chi connectivity index (χ2n) is 3.60. The van der Waals surface area contributed by atoms with Gasteiger partial charge in [0.2, 0.25) is 0 Å². The van der Waals surface area contributed by atoms with E-state index in [0.29, 0.717) is 11.5 Å². The van der Waals surface area contributed by atoms with Crippen molar-refractivity contribution in [1.82, 2.24) is 0 Å². The first kappa shape index (κ1) is 9.40. The van der Waals surface area contributed by atoms with E-state index in [9.17, 15) is 0 Å². The largest absolute Gasteiger partial charge is 0.327 e. The van der Waals surface area contributed by atoms with E-state index < -0.39 is 0 Å². The molecule has 1 nitrogen and oxygen atoms in total. The lowest BCUT2D eigenvalue weighted by molar-refractivity contribution is 0.410. The molecule has 0 bridgehead atoms. The second kappa shape index (κ2) is 3.81. The fraction of sp³-hybridized carbons (Fsp3) is 1.00. The Morgan fingerprint density at radius 2 is 2.18 bits per heavy atom. The van der Waals surface area contributed by atoms with E-state index in [1.165, 1.54) is 30.8 Å². The highest BCUT2D eigenvalue weighted by Crippen LogP contribution is 2.51. The molecule has 0 aromatic rings. The predicted octanol–water partition coefficient (Wildman–Crippen LogP) is 2.26. The van der Waals surface area contributed by atoms with Crippen LogP contribution in [0.1, 0.15) is 33.1 Å². The molecule has 0 spiro atoms. The van der Waals surface area contributed by atoms with Crippen molar-refractivity contribution >= 4 is 11.8 Å². The summed E-state index contributed by atoms with van der Waals surface area (Å²) in [7, 11) is 0. The molecule has 1 saturated carbocycles. The molecule has 1 aliphatic carbocycles. The highest BCUT2D eigenvalue weighted by Gasteiger charge is 2.44. The van der Waals surface area contributed by atoms with Crippen LogP contribution in [0.2, 0.25) is 0 Å².